The van der Waals surface area contributed by atoms with Gasteiger partial charge >= 0.3 is 0 Å². The van der Waals surface area contributed by atoms with E-state index in [1.165, 1.54) is 22.3 Å². The maximum Gasteiger partial charge on any atom is 0.152 e. The van der Waals surface area contributed by atoms with Gasteiger partial charge in [0.05, 0.1) is 11.4 Å². The summed E-state index contributed by atoms with van der Waals surface area (Å²) in [7, 11) is 0. The lowest BCUT2D eigenvalue weighted by atomic mass is 10.0. The lowest BCUT2D eigenvalue weighted by Crippen LogP contribution is -1.82. The smallest absolute Gasteiger partial charge is 0.152 e. The summed E-state index contributed by atoms with van der Waals surface area (Å²) >= 11 is 3.29. The molecule has 162 valence electrons. The normalized spacial score (nSPS) is 10.9. The van der Waals surface area contributed by atoms with Crippen LogP contribution >= 0.6 is 22.7 Å². The van der Waals surface area contributed by atoms with Crippen molar-refractivity contribution in [1.29, 1.82) is 0 Å². The van der Waals surface area contributed by atoms with Crippen LogP contribution in [0.1, 0.15) is 0 Å². The number of thiazole rings is 2. The van der Waals surface area contributed by atoms with Gasteiger partial charge in [-0.05, 0) is 22.3 Å². The molecule has 0 atom stereocenters. The first-order chi connectivity index (χ1) is 16.8. The second-order valence-electron chi connectivity index (χ2n) is 7.96. The number of hydrogen-bond acceptors (Lipinski definition) is 4. The highest BCUT2D eigenvalue weighted by Gasteiger charge is 2.12. The van der Waals surface area contributed by atoms with E-state index < -0.39 is 0 Å². The maximum atomic E-state index is 4.88. The van der Waals surface area contributed by atoms with Crippen LogP contribution in [0.25, 0.3) is 54.8 Å². The topological polar surface area (TPSA) is 25.8 Å². The van der Waals surface area contributed by atoms with Crippen molar-refractivity contribution >= 4 is 22.7 Å². The Morgan fingerprint density at radius 2 is 0.676 bits per heavy atom. The molecule has 0 N–H and O–H groups in total. The molecule has 2 heterocycles. The highest BCUT2D eigenvalue weighted by molar-refractivity contribution is 7.20. The zero-order valence-corrected chi connectivity index (χ0v) is 19.9. The number of aromatic nitrogens is 2. The molecule has 0 saturated carbocycles. The predicted octanol–water partition coefficient (Wildman–Crippen LogP) is 8.93. The van der Waals surface area contributed by atoms with Gasteiger partial charge in [0.15, 0.2) is 10.0 Å². The predicted molar refractivity (Wildman–Crippen MR) is 145 cm³/mol. The van der Waals surface area contributed by atoms with Gasteiger partial charge in [-0.25, -0.2) is 9.97 Å². The third kappa shape index (κ3) is 4.21. The zero-order valence-electron chi connectivity index (χ0n) is 18.3. The monoisotopic (exact) mass is 472 g/mol. The Balaban J connectivity index is 1.21. The van der Waals surface area contributed by atoms with Crippen LogP contribution in [-0.4, -0.2) is 9.97 Å². The van der Waals surface area contributed by atoms with E-state index in [0.717, 1.165) is 32.5 Å². The third-order valence-corrected chi connectivity index (χ3v) is 7.59. The summed E-state index contributed by atoms with van der Waals surface area (Å²) < 4.78 is 0. The van der Waals surface area contributed by atoms with Crippen molar-refractivity contribution in [2.24, 2.45) is 0 Å². The van der Waals surface area contributed by atoms with E-state index in [1.807, 2.05) is 12.1 Å². The largest absolute Gasteiger partial charge is 0.233 e. The molecule has 2 nitrogen and oxygen atoms in total. The van der Waals surface area contributed by atoms with Gasteiger partial charge in [0.25, 0.3) is 0 Å². The Bertz CT molecular complexity index is 1400. The van der Waals surface area contributed by atoms with Gasteiger partial charge in [0.2, 0.25) is 0 Å². The molecule has 2 aromatic heterocycles. The molecule has 0 aliphatic rings. The van der Waals surface area contributed by atoms with Crippen LogP contribution < -0.4 is 0 Å². The van der Waals surface area contributed by atoms with Gasteiger partial charge < -0.3 is 0 Å². The summed E-state index contributed by atoms with van der Waals surface area (Å²) in [5.74, 6) is 0. The zero-order chi connectivity index (χ0) is 22.7. The minimum absolute atomic E-state index is 0.958. The Morgan fingerprint density at radius 1 is 0.353 bits per heavy atom. The second-order valence-corrected chi connectivity index (χ2v) is 9.68. The van der Waals surface area contributed by atoms with Crippen LogP contribution in [0.2, 0.25) is 0 Å². The number of rotatable bonds is 5. The Labute approximate surface area is 206 Å². The lowest BCUT2D eigenvalue weighted by molar-refractivity contribution is 1.35. The van der Waals surface area contributed by atoms with Crippen LogP contribution in [0, 0.1) is 0 Å². The second kappa shape index (κ2) is 9.18. The molecule has 6 rings (SSSR count). The van der Waals surface area contributed by atoms with Crippen molar-refractivity contribution in [3.63, 3.8) is 0 Å². The average Bonchev–Trinajstić information content (AvgIpc) is 3.61. The highest BCUT2D eigenvalue weighted by Crippen LogP contribution is 2.34. The molecule has 0 unspecified atom stereocenters. The average molecular weight is 473 g/mol. The first kappa shape index (κ1) is 20.7. The van der Waals surface area contributed by atoms with Gasteiger partial charge in [-0.1, -0.05) is 109 Å². The highest BCUT2D eigenvalue weighted by atomic mass is 32.1. The molecule has 0 saturated heterocycles. The van der Waals surface area contributed by atoms with Gasteiger partial charge in [-0.2, -0.15) is 0 Å². The van der Waals surface area contributed by atoms with Crippen LogP contribution in [0.4, 0.5) is 0 Å². The lowest BCUT2D eigenvalue weighted by Gasteiger charge is -2.03. The van der Waals surface area contributed by atoms with Crippen molar-refractivity contribution in [2.75, 3.05) is 0 Å². The van der Waals surface area contributed by atoms with E-state index in [-0.39, 0.29) is 0 Å². The fourth-order valence-electron chi connectivity index (χ4n) is 3.94. The van der Waals surface area contributed by atoms with E-state index in [4.69, 9.17) is 9.97 Å². The van der Waals surface area contributed by atoms with Gasteiger partial charge in [-0.15, -0.1) is 22.7 Å². The molecule has 0 fully saturated rings. The number of benzene rings is 4. The summed E-state index contributed by atoms with van der Waals surface area (Å²) in [6, 6.07) is 38.1. The van der Waals surface area contributed by atoms with Crippen LogP contribution in [0.3, 0.4) is 0 Å². The minimum Gasteiger partial charge on any atom is -0.233 e. The van der Waals surface area contributed by atoms with Gasteiger partial charge in [-0.3, -0.25) is 0 Å². The van der Waals surface area contributed by atoms with Crippen molar-refractivity contribution < 1.29 is 0 Å². The number of hydrogen-bond donors (Lipinski definition) is 0. The Morgan fingerprint density at radius 3 is 1.06 bits per heavy atom. The summed E-state index contributed by atoms with van der Waals surface area (Å²) in [6.07, 6.45) is 0. The van der Waals surface area contributed by atoms with E-state index in [9.17, 15) is 0 Å². The SMILES string of the molecule is c1ccc(-c2ccc(-c3csc(-c4nc(-c5ccc(-c6ccccc6)cc5)cs4)n3)cc2)cc1. The van der Waals surface area contributed by atoms with Crippen LogP contribution in [0.15, 0.2) is 120 Å². The van der Waals surface area contributed by atoms with Crippen LogP contribution in [-0.2, 0) is 0 Å². The van der Waals surface area contributed by atoms with Crippen molar-refractivity contribution in [2.45, 2.75) is 0 Å². The summed E-state index contributed by atoms with van der Waals surface area (Å²) in [5.41, 5.74) is 9.09. The molecule has 0 spiro atoms. The van der Waals surface area contributed by atoms with E-state index in [2.05, 4.69) is 108 Å². The first-order valence-corrected chi connectivity index (χ1v) is 12.8. The quantitative estimate of drug-likeness (QED) is 0.250. The summed E-state index contributed by atoms with van der Waals surface area (Å²) in [5, 5.41) is 6.14. The maximum absolute atomic E-state index is 4.88. The van der Waals surface area contributed by atoms with E-state index in [0.29, 0.717) is 0 Å². The van der Waals surface area contributed by atoms with Crippen molar-refractivity contribution in [1.82, 2.24) is 9.97 Å². The minimum atomic E-state index is 0.958. The van der Waals surface area contributed by atoms with Crippen molar-refractivity contribution in [3.8, 4) is 54.8 Å². The molecule has 4 aromatic carbocycles. The van der Waals surface area contributed by atoms with Crippen LogP contribution in [0.5, 0.6) is 0 Å². The molecular weight excluding hydrogens is 452 g/mol. The fraction of sp³-hybridized carbons (Fsp3) is 0. The summed E-state index contributed by atoms with van der Waals surface area (Å²) in [6.45, 7) is 0. The van der Waals surface area contributed by atoms with E-state index in [1.54, 1.807) is 22.7 Å². The third-order valence-electron chi connectivity index (χ3n) is 5.77. The molecule has 34 heavy (non-hydrogen) atoms. The molecule has 0 aliphatic carbocycles. The Kier molecular flexibility index (Phi) is 5.60. The van der Waals surface area contributed by atoms with Gasteiger partial charge in [0, 0.05) is 21.9 Å². The molecule has 0 aliphatic heterocycles. The molecular formula is C30H20N2S2. The fourth-order valence-corrected chi connectivity index (χ4v) is 5.64. The van der Waals surface area contributed by atoms with Crippen molar-refractivity contribution in [3.05, 3.63) is 120 Å². The molecule has 0 bridgehead atoms. The Hall–Kier alpha value is -3.86. The van der Waals surface area contributed by atoms with Gasteiger partial charge in [0.1, 0.15) is 0 Å². The number of nitrogens with zero attached hydrogens (tertiary/aromatic N) is 2. The molecule has 6 aromatic rings. The first-order valence-electron chi connectivity index (χ1n) is 11.1. The standard InChI is InChI=1S/C30H20N2S2/c1-3-7-21(8-4-1)23-11-15-25(16-12-23)27-19-33-29(31-27)30-32-28(20-34-30)26-17-13-24(14-18-26)22-9-5-2-6-10-22/h1-20H. The van der Waals surface area contributed by atoms with E-state index >= 15 is 0 Å². The summed E-state index contributed by atoms with van der Waals surface area (Å²) in [4.78, 5) is 9.76. The molecule has 0 amide bonds. The molecule has 4 heteroatoms. The molecule has 0 radical (unpaired) electrons.